The maximum absolute atomic E-state index is 5.55. The number of benzene rings is 1. The van der Waals surface area contributed by atoms with Crippen molar-refractivity contribution in [2.75, 3.05) is 19.0 Å². The van der Waals surface area contributed by atoms with Gasteiger partial charge >= 0.3 is 0 Å². The van der Waals surface area contributed by atoms with E-state index in [1.54, 1.807) is 7.11 Å². The van der Waals surface area contributed by atoms with E-state index < -0.39 is 0 Å². The van der Waals surface area contributed by atoms with Gasteiger partial charge in [-0.3, -0.25) is 0 Å². The average Bonchev–Trinajstić information content (AvgIpc) is 2.43. The Labute approximate surface area is 122 Å². The van der Waals surface area contributed by atoms with Crippen LogP contribution in [0, 0.1) is 5.41 Å². The number of hydrogen-bond acceptors (Lipinski definition) is 3. The maximum Gasteiger partial charge on any atom is 0.162 e. The molecule has 2 rings (SSSR count). The minimum atomic E-state index is 0.509. The Morgan fingerprint density at radius 1 is 1.20 bits per heavy atom. The summed E-state index contributed by atoms with van der Waals surface area (Å²) < 4.78 is 10.9. The van der Waals surface area contributed by atoms with Gasteiger partial charge in [0.1, 0.15) is 0 Å². The zero-order chi connectivity index (χ0) is 14.6. The van der Waals surface area contributed by atoms with E-state index in [4.69, 9.17) is 9.47 Å². The molecule has 0 aliphatic heterocycles. The summed E-state index contributed by atoms with van der Waals surface area (Å²) in [5.74, 6) is 1.61. The third-order valence-corrected chi connectivity index (χ3v) is 4.17. The van der Waals surface area contributed by atoms with E-state index in [9.17, 15) is 0 Å². The molecule has 1 fully saturated rings. The van der Waals surface area contributed by atoms with Crippen LogP contribution in [-0.4, -0.2) is 19.8 Å². The Balaban J connectivity index is 1.99. The van der Waals surface area contributed by atoms with Crippen molar-refractivity contribution in [1.29, 1.82) is 0 Å². The smallest absolute Gasteiger partial charge is 0.162 e. The van der Waals surface area contributed by atoms with Crippen molar-refractivity contribution in [1.82, 2.24) is 0 Å². The van der Waals surface area contributed by atoms with Crippen LogP contribution in [0.15, 0.2) is 18.2 Å². The molecule has 3 heteroatoms. The van der Waals surface area contributed by atoms with Gasteiger partial charge in [0.05, 0.1) is 13.7 Å². The fraction of sp³-hybridized carbons (Fsp3) is 0.647. The molecule has 0 aromatic heterocycles. The van der Waals surface area contributed by atoms with Crippen LogP contribution < -0.4 is 14.8 Å². The molecule has 1 aliphatic carbocycles. The summed E-state index contributed by atoms with van der Waals surface area (Å²) in [5, 5.41) is 3.63. The van der Waals surface area contributed by atoms with E-state index >= 15 is 0 Å². The quantitative estimate of drug-likeness (QED) is 0.861. The zero-order valence-corrected chi connectivity index (χ0v) is 13.2. The molecular weight excluding hydrogens is 250 g/mol. The number of anilines is 1. The first kappa shape index (κ1) is 15.0. The van der Waals surface area contributed by atoms with Gasteiger partial charge in [0.2, 0.25) is 0 Å². The molecule has 0 spiro atoms. The van der Waals surface area contributed by atoms with Crippen LogP contribution >= 0.6 is 0 Å². The lowest BCUT2D eigenvalue weighted by Crippen LogP contribution is -2.29. The lowest BCUT2D eigenvalue weighted by atomic mass is 9.75. The van der Waals surface area contributed by atoms with E-state index in [-0.39, 0.29) is 0 Å². The Hall–Kier alpha value is -1.38. The molecule has 0 radical (unpaired) electrons. The fourth-order valence-corrected chi connectivity index (χ4v) is 2.81. The summed E-state index contributed by atoms with van der Waals surface area (Å²) in [6, 6.07) is 6.67. The number of hydrogen-bond donors (Lipinski definition) is 1. The molecule has 0 heterocycles. The molecule has 1 aliphatic rings. The summed E-state index contributed by atoms with van der Waals surface area (Å²) in [5.41, 5.74) is 1.63. The molecule has 1 aromatic carbocycles. The van der Waals surface area contributed by atoms with Crippen LogP contribution in [0.3, 0.4) is 0 Å². The highest BCUT2D eigenvalue weighted by Crippen LogP contribution is 2.37. The zero-order valence-electron chi connectivity index (χ0n) is 13.2. The van der Waals surface area contributed by atoms with Crippen molar-refractivity contribution in [3.05, 3.63) is 18.2 Å². The third kappa shape index (κ3) is 3.81. The Bertz CT molecular complexity index is 433. The van der Waals surface area contributed by atoms with Gasteiger partial charge in [0.25, 0.3) is 0 Å². The maximum atomic E-state index is 5.55. The van der Waals surface area contributed by atoms with Crippen LogP contribution in [0.5, 0.6) is 11.5 Å². The largest absolute Gasteiger partial charge is 0.493 e. The SMILES string of the molecule is CCOc1ccc(NC2CCC(C)(C)CC2)cc1OC. The van der Waals surface area contributed by atoms with Gasteiger partial charge in [-0.1, -0.05) is 13.8 Å². The number of methoxy groups -OCH3 is 1. The number of rotatable bonds is 5. The molecule has 1 aromatic rings. The van der Waals surface area contributed by atoms with Gasteiger partial charge < -0.3 is 14.8 Å². The minimum Gasteiger partial charge on any atom is -0.493 e. The van der Waals surface area contributed by atoms with Crippen LogP contribution in [0.4, 0.5) is 5.69 Å². The van der Waals surface area contributed by atoms with E-state index in [2.05, 4.69) is 25.2 Å². The van der Waals surface area contributed by atoms with E-state index in [0.29, 0.717) is 18.1 Å². The van der Waals surface area contributed by atoms with Crippen molar-refractivity contribution < 1.29 is 9.47 Å². The fourth-order valence-electron chi connectivity index (χ4n) is 2.81. The van der Waals surface area contributed by atoms with Gasteiger partial charge in [-0.05, 0) is 50.2 Å². The van der Waals surface area contributed by atoms with Crippen LogP contribution in [0.2, 0.25) is 0 Å². The molecule has 0 unspecified atom stereocenters. The van der Waals surface area contributed by atoms with Crippen LogP contribution in [-0.2, 0) is 0 Å². The first-order valence-corrected chi connectivity index (χ1v) is 7.61. The van der Waals surface area contributed by atoms with Gasteiger partial charge in [-0.25, -0.2) is 0 Å². The highest BCUT2D eigenvalue weighted by Gasteiger charge is 2.26. The molecule has 0 saturated heterocycles. The summed E-state index contributed by atoms with van der Waals surface area (Å²) in [7, 11) is 1.69. The minimum absolute atomic E-state index is 0.509. The molecule has 0 atom stereocenters. The number of ether oxygens (including phenoxy) is 2. The Morgan fingerprint density at radius 2 is 1.90 bits per heavy atom. The topological polar surface area (TPSA) is 30.5 Å². The van der Waals surface area contributed by atoms with Gasteiger partial charge in [0, 0.05) is 17.8 Å². The Kier molecular flexibility index (Phi) is 4.79. The Morgan fingerprint density at radius 3 is 2.50 bits per heavy atom. The molecule has 1 saturated carbocycles. The standard InChI is InChI=1S/C17H27NO2/c1-5-20-15-7-6-14(12-16(15)19-4)18-13-8-10-17(2,3)11-9-13/h6-7,12-13,18H,5,8-11H2,1-4H3. The first-order valence-electron chi connectivity index (χ1n) is 7.61. The molecule has 112 valence electrons. The molecule has 1 N–H and O–H groups in total. The summed E-state index contributed by atoms with van der Waals surface area (Å²) in [4.78, 5) is 0. The monoisotopic (exact) mass is 277 g/mol. The lowest BCUT2D eigenvalue weighted by Gasteiger charge is -2.35. The van der Waals surface area contributed by atoms with Gasteiger partial charge in [-0.2, -0.15) is 0 Å². The first-order chi connectivity index (χ1) is 9.54. The third-order valence-electron chi connectivity index (χ3n) is 4.17. The molecule has 20 heavy (non-hydrogen) atoms. The predicted molar refractivity (Wildman–Crippen MR) is 83.8 cm³/mol. The molecule has 3 nitrogen and oxygen atoms in total. The van der Waals surface area contributed by atoms with E-state index in [1.807, 2.05) is 19.1 Å². The second-order valence-electron chi connectivity index (χ2n) is 6.38. The van der Waals surface area contributed by atoms with Crippen molar-refractivity contribution in [2.45, 2.75) is 52.5 Å². The average molecular weight is 277 g/mol. The van der Waals surface area contributed by atoms with Crippen LogP contribution in [0.25, 0.3) is 0 Å². The predicted octanol–water partition coefficient (Wildman–Crippen LogP) is 4.47. The number of nitrogens with one attached hydrogen (secondary N) is 1. The summed E-state index contributed by atoms with van der Waals surface area (Å²) >= 11 is 0. The van der Waals surface area contributed by atoms with E-state index in [0.717, 1.165) is 17.2 Å². The van der Waals surface area contributed by atoms with Gasteiger partial charge in [0.15, 0.2) is 11.5 Å². The summed E-state index contributed by atoms with van der Waals surface area (Å²) in [6.07, 6.45) is 5.06. The van der Waals surface area contributed by atoms with Crippen molar-refractivity contribution in [3.8, 4) is 11.5 Å². The normalized spacial score (nSPS) is 18.6. The molecule has 0 bridgehead atoms. The van der Waals surface area contributed by atoms with E-state index in [1.165, 1.54) is 25.7 Å². The summed E-state index contributed by atoms with van der Waals surface area (Å²) in [6.45, 7) is 7.36. The van der Waals surface area contributed by atoms with Gasteiger partial charge in [-0.15, -0.1) is 0 Å². The van der Waals surface area contributed by atoms with Crippen molar-refractivity contribution in [2.24, 2.45) is 5.41 Å². The molecular formula is C17H27NO2. The molecule has 0 amide bonds. The second-order valence-corrected chi connectivity index (χ2v) is 6.38. The van der Waals surface area contributed by atoms with Crippen molar-refractivity contribution in [3.63, 3.8) is 0 Å². The van der Waals surface area contributed by atoms with Crippen molar-refractivity contribution >= 4 is 5.69 Å². The second kappa shape index (κ2) is 6.38. The van der Waals surface area contributed by atoms with Crippen LogP contribution in [0.1, 0.15) is 46.5 Å². The highest BCUT2D eigenvalue weighted by atomic mass is 16.5. The highest BCUT2D eigenvalue weighted by molar-refractivity contribution is 5.55. The lowest BCUT2D eigenvalue weighted by molar-refractivity contribution is 0.232.